The predicted octanol–water partition coefficient (Wildman–Crippen LogP) is 11.2. The molecule has 1 saturated heterocycles. The van der Waals surface area contributed by atoms with Crippen LogP contribution in [0.2, 0.25) is 0 Å². The molecule has 0 radical (unpaired) electrons. The zero-order valence-corrected chi connectivity index (χ0v) is 43.5. The molecule has 0 spiro atoms. The fourth-order valence-electron chi connectivity index (χ4n) is 7.24. The van der Waals surface area contributed by atoms with Gasteiger partial charge < -0.3 is 19.8 Å². The zero-order chi connectivity index (χ0) is 53.9. The van der Waals surface area contributed by atoms with E-state index in [2.05, 4.69) is 56.4 Å². The molecular formula is C53H52BBrN12O8. The number of pyridine rings is 3. The van der Waals surface area contributed by atoms with Crippen LogP contribution >= 0.6 is 15.9 Å². The number of hydrogen-bond acceptors (Lipinski definition) is 15. The average molecular weight is 1080 g/mol. The lowest BCUT2D eigenvalue weighted by Crippen LogP contribution is -2.41. The number of ether oxygens (including phenoxy) is 1. The Balaban J connectivity index is 0.000000146. The molecule has 75 heavy (non-hydrogen) atoms. The number of nitrogen functional groups attached to an aromatic ring is 1. The number of nitrogens with zero attached hydrogens (tertiary/aromatic N) is 9. The Labute approximate surface area is 440 Å². The summed E-state index contributed by atoms with van der Waals surface area (Å²) in [6.07, 6.45) is 19.6. The van der Waals surface area contributed by atoms with Gasteiger partial charge in [-0.1, -0.05) is 52.3 Å². The predicted molar refractivity (Wildman–Crippen MR) is 289 cm³/mol. The number of hydrogen-bond donors (Lipinski definition) is 3. The molecule has 6 aromatic heterocycles. The minimum absolute atomic E-state index is 0.0525. The Morgan fingerprint density at radius 1 is 0.653 bits per heavy atom. The lowest BCUT2D eigenvalue weighted by atomic mass is 9.82. The number of H-pyrrole nitrogens is 2. The average Bonchev–Trinajstić information content (AvgIpc) is 4.24. The zero-order valence-electron chi connectivity index (χ0n) is 41.9. The number of nitrogens with two attached hydrogens (primary N) is 1. The molecule has 1 aliphatic rings. The van der Waals surface area contributed by atoms with E-state index in [0.29, 0.717) is 21.1 Å². The van der Waals surface area contributed by atoms with E-state index >= 15 is 0 Å². The summed E-state index contributed by atoms with van der Waals surface area (Å²) in [6.45, 7) is 13.3. The molecule has 10 rings (SSSR count). The lowest BCUT2D eigenvalue weighted by molar-refractivity contribution is -0.384. The number of nitro groups is 2. The van der Waals surface area contributed by atoms with Crippen LogP contribution in [-0.4, -0.2) is 85.0 Å². The Bertz CT molecular complexity index is 3340. The SMILES string of the molecule is CC(C)(C)OC(=O)n1cc(B2OC(C)(C)C(C)(C)O2)cn1.Nc1cc(-c2cn[nH]c2)ccc1-c1cccnc1.O=[N+]([O-])c1cc(-c2cn[nH]c2)ccc1-c1cccnc1.O=[N+]([O-])c1cc(Br)ccc1-c1cccnc1. The Morgan fingerprint density at radius 3 is 1.56 bits per heavy atom. The molecule has 0 saturated carbocycles. The van der Waals surface area contributed by atoms with Crippen LogP contribution in [0.1, 0.15) is 48.5 Å². The fraction of sp³-hybridized carbons (Fsp3) is 0.189. The number of anilines is 1. The number of carbonyl (C=O) groups excluding carboxylic acids is 1. The van der Waals surface area contributed by atoms with Gasteiger partial charge in [0.15, 0.2) is 0 Å². The second kappa shape index (κ2) is 23.4. The molecule has 0 unspecified atom stereocenters. The third kappa shape index (κ3) is 13.9. The molecule has 382 valence electrons. The number of aromatic nitrogens is 9. The number of carbonyl (C=O) groups is 1. The number of nitro benzene ring substituents is 2. The molecule has 4 N–H and O–H groups in total. The van der Waals surface area contributed by atoms with Gasteiger partial charge in [0.1, 0.15) is 5.60 Å². The van der Waals surface area contributed by atoms with Crippen molar-refractivity contribution in [1.29, 1.82) is 0 Å². The van der Waals surface area contributed by atoms with Gasteiger partial charge in [0.2, 0.25) is 0 Å². The molecule has 0 aliphatic carbocycles. The van der Waals surface area contributed by atoms with E-state index in [0.717, 1.165) is 54.9 Å². The van der Waals surface area contributed by atoms with Gasteiger partial charge in [-0.05, 0) is 102 Å². The van der Waals surface area contributed by atoms with Gasteiger partial charge in [-0.25, -0.2) is 4.79 Å². The summed E-state index contributed by atoms with van der Waals surface area (Å²) in [5.74, 6) is 0. The first-order chi connectivity index (χ1) is 35.7. The standard InChI is InChI=1S/C14H23BN2O4.C14H10N4O2.C14H12N4.C11H7BrN2O2/c1-12(2,3)19-11(18)17-9-10(8-16-17)15-20-13(4,5)14(6,7)21-15;19-18(20)14-6-10(12-8-16-17-9-12)3-4-13(14)11-2-1-5-15-7-11;15-14-6-10(12-8-17-18-9-12)3-4-13(14)11-2-1-5-16-7-11;12-9-3-4-10(11(6-9)14(15)16)8-2-1-5-13-7-8/h8-9H,1-7H3;1-9H,(H,16,17);1-9H,15H2,(H,17,18);1-7H. The Hall–Kier alpha value is -8.73. The van der Waals surface area contributed by atoms with Crippen LogP contribution in [0.4, 0.5) is 21.9 Å². The molecule has 3 aromatic carbocycles. The van der Waals surface area contributed by atoms with Gasteiger partial charge >= 0.3 is 13.2 Å². The Morgan fingerprint density at radius 2 is 1.12 bits per heavy atom. The van der Waals surface area contributed by atoms with Crippen LogP contribution in [0.5, 0.6) is 0 Å². The highest BCUT2D eigenvalue weighted by Gasteiger charge is 2.52. The van der Waals surface area contributed by atoms with Crippen LogP contribution in [-0.2, 0) is 14.0 Å². The monoisotopic (exact) mass is 1070 g/mol. The molecule has 9 aromatic rings. The first kappa shape index (κ1) is 54.1. The topological polar surface area (TPSA) is 271 Å². The van der Waals surface area contributed by atoms with Crippen LogP contribution in [0, 0.1) is 20.2 Å². The number of rotatable bonds is 8. The summed E-state index contributed by atoms with van der Waals surface area (Å²) in [5.41, 5.74) is 14.5. The van der Waals surface area contributed by atoms with Gasteiger partial charge in [-0.15, -0.1) is 0 Å². The summed E-state index contributed by atoms with van der Waals surface area (Å²) in [5, 5.41) is 39.5. The van der Waals surface area contributed by atoms with Crippen molar-refractivity contribution in [2.45, 2.75) is 65.3 Å². The smallest absolute Gasteiger partial charge is 0.442 e. The highest BCUT2D eigenvalue weighted by Crippen LogP contribution is 2.37. The fourth-order valence-corrected chi connectivity index (χ4v) is 7.59. The van der Waals surface area contributed by atoms with Crippen molar-refractivity contribution in [2.75, 3.05) is 5.73 Å². The van der Waals surface area contributed by atoms with Crippen molar-refractivity contribution in [1.82, 2.24) is 45.1 Å². The third-order valence-electron chi connectivity index (χ3n) is 11.7. The highest BCUT2D eigenvalue weighted by molar-refractivity contribution is 9.10. The maximum atomic E-state index is 11.9. The number of nitrogens with one attached hydrogen (secondary N) is 2. The first-order valence-corrected chi connectivity index (χ1v) is 23.9. The number of halogens is 1. The van der Waals surface area contributed by atoms with Gasteiger partial charge in [0.05, 0.1) is 44.6 Å². The summed E-state index contributed by atoms with van der Waals surface area (Å²) >= 11 is 3.22. The molecule has 20 nitrogen and oxygen atoms in total. The molecule has 22 heteroatoms. The minimum atomic E-state index is -0.562. The van der Waals surface area contributed by atoms with Crippen LogP contribution < -0.4 is 11.2 Å². The molecular weight excluding hydrogens is 1020 g/mol. The van der Waals surface area contributed by atoms with E-state index in [1.807, 2.05) is 97.3 Å². The van der Waals surface area contributed by atoms with Gasteiger partial charge in [-0.2, -0.15) is 20.0 Å². The maximum absolute atomic E-state index is 11.9. The first-order valence-electron chi connectivity index (χ1n) is 23.1. The number of benzene rings is 3. The van der Waals surface area contributed by atoms with Gasteiger partial charge in [0.25, 0.3) is 11.4 Å². The second-order valence-corrected chi connectivity index (χ2v) is 19.6. The lowest BCUT2D eigenvalue weighted by Gasteiger charge is -2.32. The summed E-state index contributed by atoms with van der Waals surface area (Å²) < 4.78 is 18.9. The second-order valence-electron chi connectivity index (χ2n) is 18.7. The summed E-state index contributed by atoms with van der Waals surface area (Å²) in [7, 11) is -0.536. The van der Waals surface area contributed by atoms with Crippen LogP contribution in [0.3, 0.4) is 0 Å². The molecule has 0 bridgehead atoms. The molecule has 0 amide bonds. The highest BCUT2D eigenvalue weighted by atomic mass is 79.9. The van der Waals surface area contributed by atoms with E-state index in [9.17, 15) is 25.0 Å². The van der Waals surface area contributed by atoms with Crippen molar-refractivity contribution in [3.8, 4) is 55.6 Å². The molecule has 1 fully saturated rings. The number of aromatic amines is 2. The largest absolute Gasteiger partial charge is 0.498 e. The molecule has 0 atom stereocenters. The van der Waals surface area contributed by atoms with E-state index in [1.54, 1.807) is 110 Å². The van der Waals surface area contributed by atoms with Crippen molar-refractivity contribution in [3.05, 3.63) is 190 Å². The Kier molecular flexibility index (Phi) is 16.9. The minimum Gasteiger partial charge on any atom is -0.442 e. The van der Waals surface area contributed by atoms with Crippen molar-refractivity contribution >= 4 is 51.7 Å². The van der Waals surface area contributed by atoms with Crippen LogP contribution in [0.25, 0.3) is 55.6 Å². The molecule has 1 aliphatic heterocycles. The normalized spacial score (nSPS) is 13.2. The van der Waals surface area contributed by atoms with E-state index in [1.165, 1.54) is 6.07 Å². The van der Waals surface area contributed by atoms with Crippen molar-refractivity contribution < 1.29 is 28.7 Å². The third-order valence-corrected chi connectivity index (χ3v) is 12.2. The van der Waals surface area contributed by atoms with Gasteiger partial charge in [0, 0.05) is 123 Å². The van der Waals surface area contributed by atoms with E-state index in [-0.39, 0.29) is 16.3 Å². The van der Waals surface area contributed by atoms with Crippen LogP contribution in [0.15, 0.2) is 170 Å². The maximum Gasteiger partial charge on any atom is 0.498 e. The van der Waals surface area contributed by atoms with Gasteiger partial charge in [-0.3, -0.25) is 45.4 Å². The quantitative estimate of drug-likeness (QED) is 0.0552. The van der Waals surface area contributed by atoms with Crippen molar-refractivity contribution in [2.24, 2.45) is 0 Å². The summed E-state index contributed by atoms with van der Waals surface area (Å²) in [4.78, 5) is 45.4. The summed E-state index contributed by atoms with van der Waals surface area (Å²) in [6, 6.07) is 27.1. The molecule has 7 heterocycles. The van der Waals surface area contributed by atoms with E-state index in [4.69, 9.17) is 19.8 Å². The van der Waals surface area contributed by atoms with E-state index < -0.39 is 34.9 Å². The van der Waals surface area contributed by atoms with Crippen molar-refractivity contribution in [3.63, 3.8) is 0 Å².